The van der Waals surface area contributed by atoms with Gasteiger partial charge >= 0.3 is 0 Å². The fourth-order valence-electron chi connectivity index (χ4n) is 7.17. The van der Waals surface area contributed by atoms with Crippen molar-refractivity contribution in [3.8, 4) is 0 Å². The molecule has 0 radical (unpaired) electrons. The van der Waals surface area contributed by atoms with Crippen LogP contribution in [-0.2, 0) is 0 Å². The summed E-state index contributed by atoms with van der Waals surface area (Å²) in [5.74, 6) is 0. The van der Waals surface area contributed by atoms with Gasteiger partial charge in [0.15, 0.2) is 0 Å². The zero-order valence-electron chi connectivity index (χ0n) is 30.3. The first-order chi connectivity index (χ1) is 18.9. The summed E-state index contributed by atoms with van der Waals surface area (Å²) in [5.41, 5.74) is 0. The van der Waals surface area contributed by atoms with E-state index < -0.39 is 0 Å². The number of quaternary nitrogens is 3. The molecule has 0 amide bonds. The van der Waals surface area contributed by atoms with Crippen LogP contribution in [0.2, 0.25) is 0 Å². The topological polar surface area (TPSA) is 0 Å². The third-order valence-corrected chi connectivity index (χ3v) is 11.4. The lowest BCUT2D eigenvalue weighted by Gasteiger charge is -2.37. The van der Waals surface area contributed by atoms with E-state index in [-0.39, 0.29) is 71.9 Å². The predicted molar refractivity (Wildman–Crippen MR) is 178 cm³/mol. The highest BCUT2D eigenvalue weighted by atomic mass is 127. The Morgan fingerprint density at radius 1 is 0.214 bits per heavy atom. The van der Waals surface area contributed by atoms with Gasteiger partial charge in [-0.05, 0) is 107 Å². The van der Waals surface area contributed by atoms with Crippen molar-refractivity contribution < 1.29 is 85.4 Å². The van der Waals surface area contributed by atoms with Crippen molar-refractivity contribution in [1.29, 1.82) is 0 Å². The summed E-state index contributed by atoms with van der Waals surface area (Å²) >= 11 is 0. The molecule has 0 aliphatic heterocycles. The minimum Gasteiger partial charge on any atom is -1.00 e. The lowest BCUT2D eigenvalue weighted by molar-refractivity contribution is -0.925. The first-order valence-electron chi connectivity index (χ1n) is 18.5. The van der Waals surface area contributed by atoms with E-state index in [4.69, 9.17) is 0 Å². The Labute approximate surface area is 319 Å². The Morgan fingerprint density at radius 3 is 0.524 bits per heavy atom. The minimum absolute atomic E-state index is 0. The van der Waals surface area contributed by atoms with Gasteiger partial charge < -0.3 is 85.4 Å². The molecule has 0 atom stereocenters. The molecule has 260 valence electrons. The molecule has 3 nitrogen and oxygen atoms in total. The highest BCUT2D eigenvalue weighted by molar-refractivity contribution is 4.52. The maximum absolute atomic E-state index is 2.44. The summed E-state index contributed by atoms with van der Waals surface area (Å²) in [6, 6.07) is 0. The van der Waals surface area contributed by atoms with E-state index in [0.29, 0.717) is 0 Å². The van der Waals surface area contributed by atoms with Crippen LogP contribution in [0.1, 0.15) is 158 Å². The van der Waals surface area contributed by atoms with Crippen molar-refractivity contribution in [3.63, 3.8) is 0 Å². The molecule has 0 aromatic rings. The Bertz CT molecular complexity index is 462. The van der Waals surface area contributed by atoms with Crippen LogP contribution in [0.4, 0.5) is 0 Å². The Kier molecular flexibility index (Phi) is 40.0. The SMILES string of the molecule is CC[N+](CC)(CC)CCCCCCCCCC[N+](CC)(CC)CCCCCCCCCC[N+](CC)(CC)CC.[I-].[I-].[I-]. The van der Waals surface area contributed by atoms with Gasteiger partial charge in [-0.25, -0.2) is 0 Å². The molecule has 0 fully saturated rings. The average Bonchev–Trinajstić information content (AvgIpc) is 2.98. The number of unbranched alkanes of at least 4 members (excludes halogenated alkanes) is 14. The molecular formula is C36H80I3N3. The molecule has 0 saturated heterocycles. The number of halogens is 3. The van der Waals surface area contributed by atoms with Crippen molar-refractivity contribution in [2.45, 2.75) is 158 Å². The van der Waals surface area contributed by atoms with Gasteiger partial charge in [-0.1, -0.05) is 51.4 Å². The first kappa shape index (κ1) is 50.9. The van der Waals surface area contributed by atoms with Crippen LogP contribution < -0.4 is 71.9 Å². The molecular weight excluding hydrogens is 855 g/mol. The second kappa shape index (κ2) is 33.0. The monoisotopic (exact) mass is 935 g/mol. The van der Waals surface area contributed by atoms with Gasteiger partial charge in [-0.2, -0.15) is 0 Å². The summed E-state index contributed by atoms with van der Waals surface area (Å²) in [4.78, 5) is 0. The third kappa shape index (κ3) is 22.6. The minimum atomic E-state index is 0. The van der Waals surface area contributed by atoms with E-state index in [2.05, 4.69) is 55.4 Å². The average molecular weight is 936 g/mol. The zero-order chi connectivity index (χ0) is 29.3. The van der Waals surface area contributed by atoms with Crippen LogP contribution in [0.5, 0.6) is 0 Å². The van der Waals surface area contributed by atoms with Crippen LogP contribution >= 0.6 is 0 Å². The lowest BCUT2D eigenvalue weighted by Crippen LogP contribution is -3.00. The van der Waals surface area contributed by atoms with Gasteiger partial charge in [0.1, 0.15) is 0 Å². The number of hydrogen-bond donors (Lipinski definition) is 0. The van der Waals surface area contributed by atoms with E-state index >= 15 is 0 Å². The molecule has 0 aromatic heterocycles. The zero-order valence-corrected chi connectivity index (χ0v) is 36.7. The molecule has 0 heterocycles. The maximum Gasteiger partial charge on any atom is 0.0786 e. The molecule has 0 aromatic carbocycles. The second-order valence-electron chi connectivity index (χ2n) is 13.1. The fourth-order valence-corrected chi connectivity index (χ4v) is 7.17. The van der Waals surface area contributed by atoms with Crippen molar-refractivity contribution in [3.05, 3.63) is 0 Å². The molecule has 6 heteroatoms. The number of nitrogens with zero attached hydrogens (tertiary/aromatic N) is 3. The van der Waals surface area contributed by atoms with Crippen molar-refractivity contribution in [1.82, 2.24) is 0 Å². The Balaban J connectivity index is -0.00000241. The summed E-state index contributed by atoms with van der Waals surface area (Å²) in [6.45, 7) is 35.2. The molecule has 0 rings (SSSR count). The summed E-state index contributed by atoms with van der Waals surface area (Å²) in [6.07, 6.45) is 23.2. The molecule has 0 spiro atoms. The van der Waals surface area contributed by atoms with Crippen LogP contribution in [0, 0.1) is 0 Å². The second-order valence-corrected chi connectivity index (χ2v) is 13.1. The first-order valence-corrected chi connectivity index (χ1v) is 18.5. The highest BCUT2D eigenvalue weighted by Crippen LogP contribution is 2.17. The van der Waals surface area contributed by atoms with E-state index in [0.717, 1.165) is 0 Å². The van der Waals surface area contributed by atoms with Gasteiger partial charge in [-0.15, -0.1) is 0 Å². The van der Waals surface area contributed by atoms with E-state index in [1.54, 1.807) is 0 Å². The molecule has 0 saturated carbocycles. The quantitative estimate of drug-likeness (QED) is 0.0571. The molecule has 42 heavy (non-hydrogen) atoms. The van der Waals surface area contributed by atoms with Crippen LogP contribution in [0.25, 0.3) is 0 Å². The maximum atomic E-state index is 2.44. The molecule has 0 aliphatic rings. The Hall–Kier alpha value is 2.07. The van der Waals surface area contributed by atoms with Crippen molar-refractivity contribution >= 4 is 0 Å². The Morgan fingerprint density at radius 2 is 0.357 bits per heavy atom. The van der Waals surface area contributed by atoms with Gasteiger partial charge in [-0.3, -0.25) is 0 Å². The smallest absolute Gasteiger partial charge is 0.0786 e. The standard InChI is InChI=1S/C36H80N3.3HI/c1-9-37(10-2,11-3)33-29-25-21-17-19-23-27-31-35-39(15-7,16-8)36-32-28-24-20-18-22-26-30-34-38(12-4,13-5)14-6;;;/h9-36H2,1-8H3;3*1H/q+3;;;/p-3. The fraction of sp³-hybridized carbons (Fsp3) is 1.00. The van der Waals surface area contributed by atoms with Gasteiger partial charge in [0.2, 0.25) is 0 Å². The number of rotatable bonds is 30. The molecule has 0 aliphatic carbocycles. The molecule has 0 bridgehead atoms. The van der Waals surface area contributed by atoms with Crippen molar-refractivity contribution in [2.24, 2.45) is 0 Å². The van der Waals surface area contributed by atoms with Gasteiger partial charge in [0.25, 0.3) is 0 Å². The predicted octanol–water partition coefficient (Wildman–Crippen LogP) is 0.850. The van der Waals surface area contributed by atoms with Crippen LogP contribution in [0.3, 0.4) is 0 Å². The summed E-state index contributed by atoms with van der Waals surface area (Å²) in [5, 5.41) is 0. The summed E-state index contributed by atoms with van der Waals surface area (Å²) in [7, 11) is 0. The summed E-state index contributed by atoms with van der Waals surface area (Å²) < 4.78 is 4.03. The highest BCUT2D eigenvalue weighted by Gasteiger charge is 2.22. The largest absolute Gasteiger partial charge is 1.00 e. The molecule has 0 N–H and O–H groups in total. The van der Waals surface area contributed by atoms with Crippen LogP contribution in [0.15, 0.2) is 0 Å². The van der Waals surface area contributed by atoms with E-state index in [1.165, 1.54) is 195 Å². The third-order valence-electron chi connectivity index (χ3n) is 11.4. The van der Waals surface area contributed by atoms with Crippen molar-refractivity contribution in [2.75, 3.05) is 78.5 Å². The number of hydrogen-bond acceptors (Lipinski definition) is 0. The van der Waals surface area contributed by atoms with Gasteiger partial charge in [0.05, 0.1) is 78.5 Å². The van der Waals surface area contributed by atoms with E-state index in [9.17, 15) is 0 Å². The lowest BCUT2D eigenvalue weighted by atomic mass is 10.1. The van der Waals surface area contributed by atoms with E-state index in [1.807, 2.05) is 0 Å². The molecule has 0 unspecified atom stereocenters. The normalized spacial score (nSPS) is 12.0. The van der Waals surface area contributed by atoms with Gasteiger partial charge in [0, 0.05) is 0 Å². The van der Waals surface area contributed by atoms with Crippen LogP contribution in [-0.4, -0.2) is 92.0 Å².